The van der Waals surface area contributed by atoms with Gasteiger partial charge >= 0.3 is 6.18 Å². The Labute approximate surface area is 158 Å². The molecule has 0 aliphatic heterocycles. The molecule has 0 fully saturated rings. The SMILES string of the molecule is Cc1cccc(CNC(=O)c2cnn(-c3ccc(Cl)cc3)c2C(F)(F)F)c1. The molecule has 0 aliphatic rings. The lowest BCUT2D eigenvalue weighted by molar-refractivity contribution is -0.143. The van der Waals surface area contributed by atoms with Crippen molar-refractivity contribution in [1.82, 2.24) is 15.1 Å². The van der Waals surface area contributed by atoms with E-state index in [0.717, 1.165) is 17.3 Å². The summed E-state index contributed by atoms with van der Waals surface area (Å²) in [6.45, 7) is 2.01. The average molecular weight is 394 g/mol. The molecule has 8 heteroatoms. The Balaban J connectivity index is 1.90. The average Bonchev–Trinajstić information content (AvgIpc) is 3.06. The van der Waals surface area contributed by atoms with Crippen LogP contribution in [0.15, 0.2) is 54.7 Å². The first-order valence-corrected chi connectivity index (χ1v) is 8.38. The minimum Gasteiger partial charge on any atom is -0.348 e. The molecule has 4 nitrogen and oxygen atoms in total. The third kappa shape index (κ3) is 4.31. The van der Waals surface area contributed by atoms with E-state index in [0.29, 0.717) is 9.70 Å². The summed E-state index contributed by atoms with van der Waals surface area (Å²) in [5.74, 6) is -0.843. The van der Waals surface area contributed by atoms with Crippen LogP contribution in [0.5, 0.6) is 0 Å². The Bertz CT molecular complexity index is 965. The summed E-state index contributed by atoms with van der Waals surface area (Å²) < 4.78 is 41.5. The van der Waals surface area contributed by atoms with Crippen LogP contribution in [-0.2, 0) is 12.7 Å². The van der Waals surface area contributed by atoms with E-state index in [1.165, 1.54) is 24.3 Å². The van der Waals surface area contributed by atoms with Gasteiger partial charge in [-0.1, -0.05) is 41.4 Å². The molecule has 3 aromatic rings. The standard InChI is InChI=1S/C19H15ClF3N3O/c1-12-3-2-4-13(9-12)10-24-18(27)16-11-25-26(17(16)19(21,22)23)15-7-5-14(20)6-8-15/h2-9,11H,10H2,1H3,(H,24,27). The molecule has 0 saturated heterocycles. The van der Waals surface area contributed by atoms with E-state index in [1.54, 1.807) is 6.07 Å². The zero-order valence-electron chi connectivity index (χ0n) is 14.2. The third-order valence-electron chi connectivity index (χ3n) is 3.89. The number of aryl methyl sites for hydroxylation is 1. The van der Waals surface area contributed by atoms with E-state index in [1.807, 2.05) is 25.1 Å². The quantitative estimate of drug-likeness (QED) is 0.693. The van der Waals surface area contributed by atoms with Gasteiger partial charge in [0.05, 0.1) is 17.4 Å². The van der Waals surface area contributed by atoms with Gasteiger partial charge in [-0.25, -0.2) is 4.68 Å². The van der Waals surface area contributed by atoms with E-state index < -0.39 is 23.3 Å². The predicted molar refractivity (Wildman–Crippen MR) is 95.9 cm³/mol. The van der Waals surface area contributed by atoms with Gasteiger partial charge in [-0.2, -0.15) is 18.3 Å². The second kappa shape index (κ2) is 7.44. The molecule has 0 atom stereocenters. The van der Waals surface area contributed by atoms with Crippen molar-refractivity contribution >= 4 is 17.5 Å². The van der Waals surface area contributed by atoms with Crippen LogP contribution in [-0.4, -0.2) is 15.7 Å². The van der Waals surface area contributed by atoms with E-state index in [2.05, 4.69) is 10.4 Å². The number of benzene rings is 2. The van der Waals surface area contributed by atoms with E-state index in [9.17, 15) is 18.0 Å². The van der Waals surface area contributed by atoms with Gasteiger partial charge in [0.15, 0.2) is 5.69 Å². The number of carbonyl (C=O) groups is 1. The maximum absolute atomic E-state index is 13.6. The highest BCUT2D eigenvalue weighted by molar-refractivity contribution is 6.30. The van der Waals surface area contributed by atoms with Gasteiger partial charge in [-0.15, -0.1) is 0 Å². The number of carbonyl (C=O) groups excluding carboxylic acids is 1. The van der Waals surface area contributed by atoms with Crippen molar-refractivity contribution in [2.45, 2.75) is 19.6 Å². The monoisotopic (exact) mass is 393 g/mol. The number of rotatable bonds is 4. The molecule has 1 amide bonds. The summed E-state index contributed by atoms with van der Waals surface area (Å²) in [6.07, 6.45) is -3.84. The number of amides is 1. The minimum absolute atomic E-state index is 0.115. The number of hydrogen-bond acceptors (Lipinski definition) is 2. The lowest BCUT2D eigenvalue weighted by Gasteiger charge is -2.13. The summed E-state index contributed by atoms with van der Waals surface area (Å²) in [6, 6.07) is 13.1. The number of aromatic nitrogens is 2. The van der Waals surface area contributed by atoms with Crippen molar-refractivity contribution in [2.75, 3.05) is 0 Å². The normalized spacial score (nSPS) is 11.4. The number of halogens is 4. The Morgan fingerprint density at radius 2 is 1.89 bits per heavy atom. The van der Waals surface area contributed by atoms with Gasteiger partial charge in [0.25, 0.3) is 5.91 Å². The highest BCUT2D eigenvalue weighted by Crippen LogP contribution is 2.33. The zero-order chi connectivity index (χ0) is 19.6. The van der Waals surface area contributed by atoms with Gasteiger partial charge in [-0.05, 0) is 36.8 Å². The number of nitrogens with one attached hydrogen (secondary N) is 1. The van der Waals surface area contributed by atoms with Gasteiger partial charge in [0.1, 0.15) is 0 Å². The Hall–Kier alpha value is -2.80. The molecule has 0 aliphatic carbocycles. The molecule has 0 radical (unpaired) electrons. The smallest absolute Gasteiger partial charge is 0.348 e. The molecule has 1 aromatic heterocycles. The van der Waals surface area contributed by atoms with Crippen LogP contribution in [0.3, 0.4) is 0 Å². The third-order valence-corrected chi connectivity index (χ3v) is 4.14. The van der Waals surface area contributed by atoms with E-state index in [4.69, 9.17) is 11.6 Å². The summed E-state index contributed by atoms with van der Waals surface area (Å²) in [4.78, 5) is 12.4. The number of hydrogen-bond donors (Lipinski definition) is 1. The molecule has 3 rings (SSSR count). The van der Waals surface area contributed by atoms with Crippen LogP contribution in [0, 0.1) is 6.92 Å². The molecule has 0 saturated carbocycles. The summed E-state index contributed by atoms with van der Waals surface area (Å²) in [7, 11) is 0. The van der Waals surface area contributed by atoms with E-state index in [-0.39, 0.29) is 12.2 Å². The fraction of sp³-hybridized carbons (Fsp3) is 0.158. The maximum atomic E-state index is 13.6. The van der Waals surface area contributed by atoms with Crippen molar-refractivity contribution in [1.29, 1.82) is 0 Å². The van der Waals surface area contributed by atoms with E-state index >= 15 is 0 Å². The fourth-order valence-corrected chi connectivity index (χ4v) is 2.79. The second-order valence-corrected chi connectivity index (χ2v) is 6.40. The van der Waals surface area contributed by atoms with Crippen LogP contribution in [0.2, 0.25) is 5.02 Å². The largest absolute Gasteiger partial charge is 0.434 e. The summed E-state index contributed by atoms with van der Waals surface area (Å²) >= 11 is 5.78. The second-order valence-electron chi connectivity index (χ2n) is 5.96. The number of nitrogens with zero attached hydrogens (tertiary/aromatic N) is 2. The van der Waals surface area contributed by atoms with Gasteiger partial charge in [-0.3, -0.25) is 4.79 Å². The molecule has 0 unspecified atom stereocenters. The first kappa shape index (κ1) is 19.0. The molecule has 0 bridgehead atoms. The first-order valence-electron chi connectivity index (χ1n) is 8.00. The van der Waals surface area contributed by atoms with Gasteiger partial charge in [0.2, 0.25) is 0 Å². The topological polar surface area (TPSA) is 46.9 Å². The molecule has 0 spiro atoms. The molecule has 27 heavy (non-hydrogen) atoms. The Morgan fingerprint density at radius 3 is 2.52 bits per heavy atom. The Morgan fingerprint density at radius 1 is 1.19 bits per heavy atom. The first-order chi connectivity index (χ1) is 12.8. The predicted octanol–water partition coefficient (Wildman–Crippen LogP) is 4.78. The van der Waals surface area contributed by atoms with Gasteiger partial charge < -0.3 is 5.32 Å². The molecular weight excluding hydrogens is 379 g/mol. The molecule has 140 valence electrons. The molecular formula is C19H15ClF3N3O. The molecule has 1 N–H and O–H groups in total. The highest BCUT2D eigenvalue weighted by atomic mass is 35.5. The highest BCUT2D eigenvalue weighted by Gasteiger charge is 2.40. The summed E-state index contributed by atoms with van der Waals surface area (Å²) in [5.41, 5.74) is 0.274. The number of alkyl halides is 3. The zero-order valence-corrected chi connectivity index (χ0v) is 15.0. The lowest BCUT2D eigenvalue weighted by Crippen LogP contribution is -2.26. The maximum Gasteiger partial charge on any atom is 0.434 e. The summed E-state index contributed by atoms with van der Waals surface area (Å²) in [5, 5.41) is 6.67. The van der Waals surface area contributed by atoms with Crippen LogP contribution in [0.25, 0.3) is 5.69 Å². The van der Waals surface area contributed by atoms with Crippen LogP contribution in [0.4, 0.5) is 13.2 Å². The van der Waals surface area contributed by atoms with Crippen LogP contribution >= 0.6 is 11.6 Å². The lowest BCUT2D eigenvalue weighted by atomic mass is 10.1. The van der Waals surface area contributed by atoms with Crippen molar-refractivity contribution in [3.8, 4) is 5.69 Å². The van der Waals surface area contributed by atoms with Gasteiger partial charge in [0, 0.05) is 11.6 Å². The molecule has 1 heterocycles. The Kier molecular flexibility index (Phi) is 5.23. The van der Waals surface area contributed by atoms with Crippen LogP contribution < -0.4 is 5.32 Å². The minimum atomic E-state index is -4.76. The molecule has 2 aromatic carbocycles. The van der Waals surface area contributed by atoms with Crippen molar-refractivity contribution in [3.63, 3.8) is 0 Å². The van der Waals surface area contributed by atoms with Crippen molar-refractivity contribution in [2.24, 2.45) is 0 Å². The van der Waals surface area contributed by atoms with Crippen molar-refractivity contribution < 1.29 is 18.0 Å². The van der Waals surface area contributed by atoms with Crippen molar-refractivity contribution in [3.05, 3.63) is 82.1 Å². The van der Waals surface area contributed by atoms with Crippen LogP contribution in [0.1, 0.15) is 27.2 Å². The fourth-order valence-electron chi connectivity index (χ4n) is 2.67.